The molecule has 0 fully saturated rings. The molecule has 32 heavy (non-hydrogen) atoms. The highest BCUT2D eigenvalue weighted by molar-refractivity contribution is 9.10. The molecule has 0 saturated carbocycles. The summed E-state index contributed by atoms with van der Waals surface area (Å²) in [5.41, 5.74) is 3.96. The van der Waals surface area contributed by atoms with Crippen molar-refractivity contribution in [3.8, 4) is 5.75 Å². The van der Waals surface area contributed by atoms with Gasteiger partial charge in [-0.2, -0.15) is 0 Å². The van der Waals surface area contributed by atoms with Crippen molar-refractivity contribution < 1.29 is 14.6 Å². The van der Waals surface area contributed by atoms with E-state index >= 15 is 0 Å². The lowest BCUT2D eigenvalue weighted by Crippen LogP contribution is -2.38. The van der Waals surface area contributed by atoms with Gasteiger partial charge in [0.05, 0.1) is 4.47 Å². The van der Waals surface area contributed by atoms with Crippen LogP contribution >= 0.6 is 27.5 Å². The molecule has 0 aliphatic heterocycles. The molecule has 0 amide bonds. The van der Waals surface area contributed by atoms with Crippen LogP contribution in [0.5, 0.6) is 5.75 Å². The smallest absolute Gasteiger partial charge is 0.321 e. The summed E-state index contributed by atoms with van der Waals surface area (Å²) in [6.07, 6.45) is 2.27. The Morgan fingerprint density at radius 2 is 1.84 bits per heavy atom. The number of H-pyrrole nitrogens is 1. The van der Waals surface area contributed by atoms with Crippen LogP contribution in [0.15, 0.2) is 77.4 Å². The number of nitrogens with one attached hydrogen (secondary N) is 2. The van der Waals surface area contributed by atoms with Crippen molar-refractivity contribution in [2.24, 2.45) is 0 Å². The molecule has 4 rings (SSSR count). The Morgan fingerprint density at radius 3 is 2.59 bits per heavy atom. The first-order valence-corrected chi connectivity index (χ1v) is 11.3. The highest BCUT2D eigenvalue weighted by Gasteiger charge is 2.19. The van der Waals surface area contributed by atoms with Crippen molar-refractivity contribution in [3.05, 3.63) is 99.1 Å². The molecule has 0 saturated heterocycles. The molecule has 5 nitrogen and oxygen atoms in total. The monoisotopic (exact) mass is 512 g/mol. The Kier molecular flexibility index (Phi) is 7.15. The summed E-state index contributed by atoms with van der Waals surface area (Å²) in [5, 5.41) is 14.6. The minimum Gasteiger partial charge on any atom is -0.488 e. The number of aromatic amines is 1. The third-order valence-electron chi connectivity index (χ3n) is 5.25. The Hall–Kier alpha value is -2.80. The Bertz CT molecular complexity index is 1220. The van der Waals surface area contributed by atoms with E-state index in [1.54, 1.807) is 0 Å². The van der Waals surface area contributed by atoms with Crippen LogP contribution in [0.4, 0.5) is 0 Å². The summed E-state index contributed by atoms with van der Waals surface area (Å²) < 4.78 is 6.70. The number of hydrogen-bond donors (Lipinski definition) is 3. The van der Waals surface area contributed by atoms with Gasteiger partial charge in [0, 0.05) is 35.1 Å². The fourth-order valence-corrected chi connectivity index (χ4v) is 4.19. The van der Waals surface area contributed by atoms with Gasteiger partial charge in [0.1, 0.15) is 18.4 Å². The lowest BCUT2D eigenvalue weighted by molar-refractivity contribution is -0.139. The van der Waals surface area contributed by atoms with Crippen molar-refractivity contribution in [2.45, 2.75) is 25.6 Å². The largest absolute Gasteiger partial charge is 0.488 e. The van der Waals surface area contributed by atoms with E-state index in [1.807, 2.05) is 72.9 Å². The molecule has 1 heterocycles. The molecule has 0 unspecified atom stereocenters. The predicted molar refractivity (Wildman–Crippen MR) is 130 cm³/mol. The zero-order valence-electron chi connectivity index (χ0n) is 17.1. The normalized spacial score (nSPS) is 12.1. The molecule has 0 radical (unpaired) electrons. The number of aromatic nitrogens is 1. The Morgan fingerprint density at radius 1 is 1.09 bits per heavy atom. The number of hydrogen-bond acceptors (Lipinski definition) is 3. The van der Waals surface area contributed by atoms with E-state index in [9.17, 15) is 9.90 Å². The fraction of sp³-hybridized carbons (Fsp3) is 0.160. The van der Waals surface area contributed by atoms with Crippen molar-refractivity contribution in [1.29, 1.82) is 0 Å². The average molecular weight is 514 g/mol. The van der Waals surface area contributed by atoms with Crippen LogP contribution in [0.3, 0.4) is 0 Å². The predicted octanol–water partition coefficient (Wildman–Crippen LogP) is 5.95. The molecule has 0 bridgehead atoms. The summed E-state index contributed by atoms with van der Waals surface area (Å²) in [6, 6.07) is 20.5. The van der Waals surface area contributed by atoms with Gasteiger partial charge in [-0.25, -0.2) is 0 Å². The molecule has 3 N–H and O–H groups in total. The van der Waals surface area contributed by atoms with Gasteiger partial charge < -0.3 is 20.1 Å². The van der Waals surface area contributed by atoms with Gasteiger partial charge in [-0.1, -0.05) is 48.0 Å². The maximum atomic E-state index is 11.8. The number of halogens is 2. The second-order valence-electron chi connectivity index (χ2n) is 7.52. The molecule has 0 aliphatic rings. The van der Waals surface area contributed by atoms with Crippen molar-refractivity contribution in [1.82, 2.24) is 10.3 Å². The Balaban J connectivity index is 1.37. The highest BCUT2D eigenvalue weighted by Crippen LogP contribution is 2.27. The van der Waals surface area contributed by atoms with Gasteiger partial charge in [0.15, 0.2) is 0 Å². The van der Waals surface area contributed by atoms with Gasteiger partial charge in [0.2, 0.25) is 0 Å². The third-order valence-corrected chi connectivity index (χ3v) is 6.13. The number of fused-ring (bicyclic) bond motifs is 1. The van der Waals surface area contributed by atoms with Gasteiger partial charge in [-0.05, 0) is 63.0 Å². The van der Waals surface area contributed by atoms with E-state index in [0.29, 0.717) is 24.6 Å². The first-order valence-electron chi connectivity index (χ1n) is 10.2. The molecular formula is C25H22BrClN2O3. The summed E-state index contributed by atoms with van der Waals surface area (Å²) in [5.74, 6) is -0.158. The number of carboxylic acids is 1. The van der Waals surface area contributed by atoms with Crippen LogP contribution in [0.1, 0.15) is 16.7 Å². The van der Waals surface area contributed by atoms with E-state index in [1.165, 1.54) is 0 Å². The average Bonchev–Trinajstić information content (AvgIpc) is 3.20. The topological polar surface area (TPSA) is 74.3 Å². The summed E-state index contributed by atoms with van der Waals surface area (Å²) in [7, 11) is 0. The van der Waals surface area contributed by atoms with E-state index in [2.05, 4.69) is 26.2 Å². The van der Waals surface area contributed by atoms with Crippen molar-refractivity contribution in [3.63, 3.8) is 0 Å². The molecule has 164 valence electrons. The number of carboxylic acid groups (broad SMARTS) is 1. The molecule has 1 atom stereocenters. The zero-order valence-corrected chi connectivity index (χ0v) is 19.5. The molecule has 3 aromatic carbocycles. The molecule has 1 aromatic heterocycles. The second-order valence-corrected chi connectivity index (χ2v) is 8.81. The van der Waals surface area contributed by atoms with Gasteiger partial charge in [-0.15, -0.1) is 0 Å². The van der Waals surface area contributed by atoms with Crippen molar-refractivity contribution in [2.75, 3.05) is 0 Å². The first-order chi connectivity index (χ1) is 15.5. The van der Waals surface area contributed by atoms with Gasteiger partial charge >= 0.3 is 5.97 Å². The van der Waals surface area contributed by atoms with E-state index < -0.39 is 12.0 Å². The quantitative estimate of drug-likeness (QED) is 0.259. The van der Waals surface area contributed by atoms with Crippen LogP contribution in [0, 0.1) is 0 Å². The van der Waals surface area contributed by atoms with E-state index in [0.717, 1.165) is 37.8 Å². The van der Waals surface area contributed by atoms with Crippen LogP contribution in [-0.4, -0.2) is 22.1 Å². The van der Waals surface area contributed by atoms with Gasteiger partial charge in [-0.3, -0.25) is 4.79 Å². The van der Waals surface area contributed by atoms with Crippen LogP contribution in [0.2, 0.25) is 5.02 Å². The summed E-state index contributed by atoms with van der Waals surface area (Å²) in [6.45, 7) is 0.856. The number of para-hydroxylation sites is 1. The molecule has 4 aromatic rings. The molecule has 0 aliphatic carbocycles. The Labute approximate surface area is 199 Å². The first kappa shape index (κ1) is 22.4. The zero-order chi connectivity index (χ0) is 22.5. The maximum absolute atomic E-state index is 11.8. The number of aliphatic carboxylic acids is 1. The lowest BCUT2D eigenvalue weighted by atomic mass is 10.0. The van der Waals surface area contributed by atoms with Crippen LogP contribution in [-0.2, 0) is 24.4 Å². The SMILES string of the molecule is O=C(O)[C@@H](Cc1c[nH]c2ccccc12)NCc1ccc(OCc2ccc(Cl)cc2)c(Br)c1. The maximum Gasteiger partial charge on any atom is 0.321 e. The van der Waals surface area contributed by atoms with Crippen LogP contribution in [0.25, 0.3) is 10.9 Å². The minimum atomic E-state index is -0.878. The van der Waals surface area contributed by atoms with E-state index in [4.69, 9.17) is 16.3 Å². The minimum absolute atomic E-state index is 0.392. The van der Waals surface area contributed by atoms with Crippen LogP contribution < -0.4 is 10.1 Å². The summed E-state index contributed by atoms with van der Waals surface area (Å²) >= 11 is 9.47. The second kappa shape index (κ2) is 10.2. The van der Waals surface area contributed by atoms with Crippen molar-refractivity contribution >= 4 is 44.4 Å². The van der Waals surface area contributed by atoms with Gasteiger partial charge in [0.25, 0.3) is 0 Å². The lowest BCUT2D eigenvalue weighted by Gasteiger charge is -2.15. The standard InChI is InChI=1S/C25H22BrClN2O3/c26-21-11-17(7-10-24(21)32-15-16-5-8-19(27)9-6-16)13-28-23(25(30)31)12-18-14-29-22-4-2-1-3-20(18)22/h1-11,14,23,28-29H,12-13,15H2,(H,30,31)/t23-/m1/s1. The molecular weight excluding hydrogens is 492 g/mol. The molecule has 7 heteroatoms. The fourth-order valence-electron chi connectivity index (χ4n) is 3.52. The molecule has 0 spiro atoms. The number of benzene rings is 3. The van der Waals surface area contributed by atoms with E-state index in [-0.39, 0.29) is 0 Å². The third kappa shape index (κ3) is 5.51. The number of rotatable bonds is 9. The number of carbonyl (C=O) groups is 1. The highest BCUT2D eigenvalue weighted by atomic mass is 79.9. The summed E-state index contributed by atoms with van der Waals surface area (Å²) in [4.78, 5) is 15.0. The number of ether oxygens (including phenoxy) is 1.